The Balaban J connectivity index is 3.55. The molecule has 3 N–H and O–H groups in total. The quantitative estimate of drug-likeness (QED) is 0.579. The monoisotopic (exact) mass is 156 g/mol. The number of rotatable bonds is 4. The Morgan fingerprint density at radius 3 is 2.55 bits per heavy atom. The van der Waals surface area contributed by atoms with E-state index >= 15 is 0 Å². The predicted octanol–water partition coefficient (Wildman–Crippen LogP) is 0.416. The van der Waals surface area contributed by atoms with Crippen LogP contribution in [0.1, 0.15) is 20.8 Å². The molecule has 3 nitrogen and oxygen atoms in total. The van der Waals surface area contributed by atoms with E-state index in [4.69, 9.17) is 5.73 Å². The average molecular weight is 156 g/mol. The third-order valence-electron chi connectivity index (χ3n) is 1.36. The van der Waals surface area contributed by atoms with E-state index in [-0.39, 0.29) is 11.9 Å². The van der Waals surface area contributed by atoms with Crippen molar-refractivity contribution < 1.29 is 4.79 Å². The number of carbonyl (C=O) groups is 1. The summed E-state index contributed by atoms with van der Waals surface area (Å²) in [5, 5.41) is 2.96. The van der Waals surface area contributed by atoms with Gasteiger partial charge in [-0.15, -0.1) is 0 Å². The van der Waals surface area contributed by atoms with Crippen LogP contribution in [0, 0.1) is 0 Å². The predicted molar refractivity (Wildman–Crippen MR) is 46.1 cm³/mol. The molecule has 0 aliphatic rings. The van der Waals surface area contributed by atoms with Gasteiger partial charge in [0.2, 0.25) is 5.91 Å². The van der Waals surface area contributed by atoms with Gasteiger partial charge in [-0.1, -0.05) is 11.6 Å². The summed E-state index contributed by atoms with van der Waals surface area (Å²) in [4.78, 5) is 10.5. The summed E-state index contributed by atoms with van der Waals surface area (Å²) in [6, 6.07) is -0.245. The molecule has 0 saturated heterocycles. The van der Waals surface area contributed by atoms with Crippen LogP contribution in [-0.2, 0) is 4.79 Å². The molecule has 0 saturated carbocycles. The third-order valence-corrected chi connectivity index (χ3v) is 1.36. The van der Waals surface area contributed by atoms with Crippen molar-refractivity contribution >= 4 is 5.91 Å². The lowest BCUT2D eigenvalue weighted by molar-refractivity contribution is -0.119. The molecule has 0 rings (SSSR count). The Morgan fingerprint density at radius 2 is 2.18 bits per heavy atom. The molecule has 0 aromatic carbocycles. The van der Waals surface area contributed by atoms with Crippen molar-refractivity contribution in [1.29, 1.82) is 0 Å². The number of primary amides is 1. The van der Waals surface area contributed by atoms with Gasteiger partial charge in [0.25, 0.3) is 0 Å². The maximum absolute atomic E-state index is 10.5. The van der Waals surface area contributed by atoms with E-state index < -0.39 is 0 Å². The van der Waals surface area contributed by atoms with E-state index in [0.29, 0.717) is 6.54 Å². The van der Waals surface area contributed by atoms with Gasteiger partial charge in [-0.05, 0) is 20.8 Å². The minimum Gasteiger partial charge on any atom is -0.368 e. The van der Waals surface area contributed by atoms with Gasteiger partial charge in [-0.2, -0.15) is 0 Å². The minimum absolute atomic E-state index is 0.245. The molecule has 0 spiro atoms. The fourth-order valence-electron chi connectivity index (χ4n) is 0.540. The molecule has 64 valence electrons. The van der Waals surface area contributed by atoms with Crippen LogP contribution in [0.3, 0.4) is 0 Å². The topological polar surface area (TPSA) is 55.1 Å². The summed E-state index contributed by atoms with van der Waals surface area (Å²) in [5.41, 5.74) is 6.26. The molecule has 0 radical (unpaired) electrons. The SMILES string of the molecule is CC(C)=CCNC(C)C(N)=O. The lowest BCUT2D eigenvalue weighted by Gasteiger charge is -2.06. The number of hydrogen-bond donors (Lipinski definition) is 2. The highest BCUT2D eigenvalue weighted by Crippen LogP contribution is 1.86. The van der Waals surface area contributed by atoms with Gasteiger partial charge >= 0.3 is 0 Å². The van der Waals surface area contributed by atoms with Gasteiger partial charge in [0.05, 0.1) is 6.04 Å². The van der Waals surface area contributed by atoms with Crippen molar-refractivity contribution in [2.75, 3.05) is 6.54 Å². The first kappa shape index (κ1) is 10.2. The zero-order valence-electron chi connectivity index (χ0n) is 7.35. The molecule has 0 aliphatic carbocycles. The molecule has 0 heterocycles. The minimum atomic E-state index is -0.313. The fourth-order valence-corrected chi connectivity index (χ4v) is 0.540. The summed E-state index contributed by atoms with van der Waals surface area (Å²) in [6.45, 7) is 6.47. The van der Waals surface area contributed by atoms with Gasteiger partial charge in [0.1, 0.15) is 0 Å². The first-order valence-corrected chi connectivity index (χ1v) is 3.70. The Morgan fingerprint density at radius 1 is 1.64 bits per heavy atom. The van der Waals surface area contributed by atoms with Crippen molar-refractivity contribution in [3.05, 3.63) is 11.6 Å². The fraction of sp³-hybridized carbons (Fsp3) is 0.625. The molecule has 0 bridgehead atoms. The maximum atomic E-state index is 10.5. The van der Waals surface area contributed by atoms with Crippen LogP contribution in [0.2, 0.25) is 0 Å². The zero-order valence-corrected chi connectivity index (χ0v) is 7.35. The van der Waals surface area contributed by atoms with E-state index in [9.17, 15) is 4.79 Å². The highest BCUT2D eigenvalue weighted by atomic mass is 16.1. The van der Waals surface area contributed by atoms with Crippen molar-refractivity contribution in [3.8, 4) is 0 Å². The molecule has 0 aromatic heterocycles. The third kappa shape index (κ3) is 5.61. The number of nitrogens with two attached hydrogens (primary N) is 1. The highest BCUT2D eigenvalue weighted by molar-refractivity contribution is 5.79. The number of nitrogens with one attached hydrogen (secondary N) is 1. The first-order chi connectivity index (χ1) is 5.04. The van der Waals surface area contributed by atoms with Crippen LogP contribution in [0.4, 0.5) is 0 Å². The molecule has 11 heavy (non-hydrogen) atoms. The van der Waals surface area contributed by atoms with Gasteiger partial charge < -0.3 is 11.1 Å². The number of amides is 1. The Labute approximate surface area is 67.7 Å². The van der Waals surface area contributed by atoms with Crippen LogP contribution in [0.5, 0.6) is 0 Å². The van der Waals surface area contributed by atoms with Crippen LogP contribution >= 0.6 is 0 Å². The van der Waals surface area contributed by atoms with E-state index in [1.165, 1.54) is 5.57 Å². The van der Waals surface area contributed by atoms with Crippen molar-refractivity contribution in [2.24, 2.45) is 5.73 Å². The van der Waals surface area contributed by atoms with Gasteiger partial charge in [-0.3, -0.25) is 4.79 Å². The molecular weight excluding hydrogens is 140 g/mol. The van der Waals surface area contributed by atoms with E-state index in [2.05, 4.69) is 5.32 Å². The second-order valence-corrected chi connectivity index (χ2v) is 2.81. The van der Waals surface area contributed by atoms with E-state index in [1.807, 2.05) is 19.9 Å². The smallest absolute Gasteiger partial charge is 0.234 e. The molecule has 0 fully saturated rings. The van der Waals surface area contributed by atoms with Crippen LogP contribution < -0.4 is 11.1 Å². The number of carbonyl (C=O) groups excluding carboxylic acids is 1. The average Bonchev–Trinajstić information content (AvgIpc) is 1.86. The molecule has 1 unspecified atom stereocenters. The summed E-state index contributed by atoms with van der Waals surface area (Å²) in [5.74, 6) is -0.313. The second-order valence-electron chi connectivity index (χ2n) is 2.81. The molecule has 1 atom stereocenters. The highest BCUT2D eigenvalue weighted by Gasteiger charge is 2.04. The van der Waals surface area contributed by atoms with Gasteiger partial charge in [0.15, 0.2) is 0 Å². The zero-order chi connectivity index (χ0) is 8.85. The van der Waals surface area contributed by atoms with Gasteiger partial charge in [-0.25, -0.2) is 0 Å². The summed E-state index contributed by atoms with van der Waals surface area (Å²) in [7, 11) is 0. The normalized spacial score (nSPS) is 12.3. The molecular formula is C8H16N2O. The van der Waals surface area contributed by atoms with E-state index in [1.54, 1.807) is 6.92 Å². The van der Waals surface area contributed by atoms with E-state index in [0.717, 1.165) is 0 Å². The summed E-state index contributed by atoms with van der Waals surface area (Å²) in [6.07, 6.45) is 2.01. The Hall–Kier alpha value is -0.830. The molecule has 1 amide bonds. The lowest BCUT2D eigenvalue weighted by atomic mass is 10.3. The molecule has 0 aromatic rings. The summed E-state index contributed by atoms with van der Waals surface area (Å²) < 4.78 is 0. The van der Waals surface area contributed by atoms with Crippen LogP contribution in [0.15, 0.2) is 11.6 Å². The molecule has 3 heteroatoms. The van der Waals surface area contributed by atoms with Crippen LogP contribution in [-0.4, -0.2) is 18.5 Å². The van der Waals surface area contributed by atoms with Crippen molar-refractivity contribution in [1.82, 2.24) is 5.32 Å². The largest absolute Gasteiger partial charge is 0.368 e. The van der Waals surface area contributed by atoms with Crippen LogP contribution in [0.25, 0.3) is 0 Å². The molecule has 0 aliphatic heterocycles. The Kier molecular flexibility index (Phi) is 4.54. The standard InChI is InChI=1S/C8H16N2O/c1-6(2)4-5-10-7(3)8(9)11/h4,7,10H,5H2,1-3H3,(H2,9,11). The second kappa shape index (κ2) is 4.91. The number of allylic oxidation sites excluding steroid dienone is 1. The number of hydrogen-bond acceptors (Lipinski definition) is 2. The van der Waals surface area contributed by atoms with Crippen molar-refractivity contribution in [3.63, 3.8) is 0 Å². The summed E-state index contributed by atoms with van der Waals surface area (Å²) >= 11 is 0. The van der Waals surface area contributed by atoms with Gasteiger partial charge in [0, 0.05) is 6.54 Å². The first-order valence-electron chi connectivity index (χ1n) is 3.70. The van der Waals surface area contributed by atoms with Crippen molar-refractivity contribution in [2.45, 2.75) is 26.8 Å². The maximum Gasteiger partial charge on any atom is 0.234 e. The Bertz CT molecular complexity index is 159. The lowest BCUT2D eigenvalue weighted by Crippen LogP contribution is -2.38.